The first-order valence-electron chi connectivity index (χ1n) is 9.37. The van der Waals surface area contributed by atoms with Crippen LogP contribution in [-0.4, -0.2) is 57.8 Å². The van der Waals surface area contributed by atoms with Gasteiger partial charge in [0.05, 0.1) is 52.7 Å². The van der Waals surface area contributed by atoms with Crippen LogP contribution in [0.5, 0.6) is 11.5 Å². The molecule has 27 heavy (non-hydrogen) atoms. The van der Waals surface area contributed by atoms with Crippen molar-refractivity contribution in [3.8, 4) is 11.5 Å². The second-order valence-electron chi connectivity index (χ2n) is 8.21. The third-order valence-corrected chi connectivity index (χ3v) is 6.04. The van der Waals surface area contributed by atoms with Crippen molar-refractivity contribution in [2.75, 3.05) is 0 Å². The van der Waals surface area contributed by atoms with E-state index in [9.17, 15) is 5.11 Å². The molecule has 0 bridgehead atoms. The summed E-state index contributed by atoms with van der Waals surface area (Å²) in [6, 6.07) is 3.69. The molecule has 3 rings (SSSR count). The van der Waals surface area contributed by atoms with Gasteiger partial charge in [-0.05, 0) is 43.9 Å². The summed E-state index contributed by atoms with van der Waals surface area (Å²) in [6.07, 6.45) is 4.87. The molecule has 1 aromatic carbocycles. The van der Waals surface area contributed by atoms with Gasteiger partial charge in [-0.3, -0.25) is 0 Å². The van der Waals surface area contributed by atoms with Crippen molar-refractivity contribution in [2.24, 2.45) is 5.92 Å². The normalized spacial score (nSPS) is 27.9. The van der Waals surface area contributed by atoms with E-state index in [-0.39, 0.29) is 17.6 Å². The van der Waals surface area contributed by atoms with Gasteiger partial charge in [0.1, 0.15) is 11.5 Å². The predicted octanol–water partition coefficient (Wildman–Crippen LogP) is 2.07. The standard InChI is InChI=1S/C19H20B6O2/c1-3-4-10-7-14(26)16-12-9-11(18(20,21)22)5-6-13(12)17(2,19(23,24)25)27-15(16)8-10/h7-9,12-13,26H,3-6H2,1-2H3. The van der Waals surface area contributed by atoms with Crippen molar-refractivity contribution in [2.45, 2.75) is 61.3 Å². The Morgan fingerprint density at radius 2 is 1.85 bits per heavy atom. The summed E-state index contributed by atoms with van der Waals surface area (Å²) < 4.78 is 6.28. The summed E-state index contributed by atoms with van der Waals surface area (Å²) in [5.74, 6) is 0.267. The maximum absolute atomic E-state index is 10.8. The highest BCUT2D eigenvalue weighted by Gasteiger charge is 2.53. The molecule has 0 amide bonds. The number of phenolic OH excluding ortho intramolecular Hbond substituents is 1. The van der Waals surface area contributed by atoms with Gasteiger partial charge >= 0.3 is 0 Å². The lowest BCUT2D eigenvalue weighted by Gasteiger charge is -2.56. The highest BCUT2D eigenvalue weighted by Crippen LogP contribution is 2.58. The monoisotopic (exact) mass is 346 g/mol. The first-order chi connectivity index (χ1) is 12.4. The van der Waals surface area contributed by atoms with E-state index >= 15 is 0 Å². The average Bonchev–Trinajstić information content (AvgIpc) is 2.52. The van der Waals surface area contributed by atoms with Crippen LogP contribution in [0.2, 0.25) is 10.2 Å². The van der Waals surface area contributed by atoms with E-state index in [4.69, 9.17) is 51.8 Å². The first kappa shape index (κ1) is 20.7. The van der Waals surface area contributed by atoms with Gasteiger partial charge < -0.3 is 9.84 Å². The number of hydrogen-bond acceptors (Lipinski definition) is 2. The number of aryl methyl sites for hydroxylation is 1. The number of benzene rings is 1. The number of phenols is 1. The van der Waals surface area contributed by atoms with Crippen LogP contribution in [0.25, 0.3) is 0 Å². The number of rotatable bonds is 4. The fraction of sp³-hybridized carbons (Fsp3) is 0.579. The molecule has 0 aromatic heterocycles. The number of ether oxygens (including phenoxy) is 1. The lowest BCUT2D eigenvalue weighted by molar-refractivity contribution is -0.00535. The zero-order valence-corrected chi connectivity index (χ0v) is 16.0. The van der Waals surface area contributed by atoms with Gasteiger partial charge in [-0.15, -0.1) is 5.11 Å². The second-order valence-corrected chi connectivity index (χ2v) is 8.21. The van der Waals surface area contributed by atoms with E-state index in [0.717, 1.165) is 18.4 Å². The van der Waals surface area contributed by atoms with Crippen LogP contribution in [0.3, 0.4) is 0 Å². The van der Waals surface area contributed by atoms with Gasteiger partial charge in [0.15, 0.2) is 0 Å². The molecule has 1 heterocycles. The summed E-state index contributed by atoms with van der Waals surface area (Å²) in [5.41, 5.74) is 1.30. The third kappa shape index (κ3) is 3.54. The molecule has 1 aliphatic heterocycles. The minimum Gasteiger partial charge on any atom is -0.507 e. The highest BCUT2D eigenvalue weighted by atomic mass is 16.5. The number of aromatic hydroxyl groups is 1. The van der Waals surface area contributed by atoms with Crippen molar-refractivity contribution in [3.05, 3.63) is 34.9 Å². The Kier molecular flexibility index (Phi) is 5.19. The van der Waals surface area contributed by atoms with Crippen molar-refractivity contribution in [3.63, 3.8) is 0 Å². The van der Waals surface area contributed by atoms with Gasteiger partial charge in [-0.1, -0.05) is 30.1 Å². The van der Waals surface area contributed by atoms with Crippen molar-refractivity contribution in [1.82, 2.24) is 0 Å². The maximum atomic E-state index is 10.8. The Morgan fingerprint density at radius 1 is 1.19 bits per heavy atom. The molecule has 2 nitrogen and oxygen atoms in total. The van der Waals surface area contributed by atoms with E-state index < -0.39 is 15.8 Å². The van der Waals surface area contributed by atoms with Crippen molar-refractivity contribution >= 4 is 47.1 Å². The molecule has 0 saturated carbocycles. The van der Waals surface area contributed by atoms with Gasteiger partial charge in [-0.25, -0.2) is 0 Å². The Morgan fingerprint density at radius 3 is 2.41 bits per heavy atom. The van der Waals surface area contributed by atoms with Gasteiger partial charge in [0, 0.05) is 17.4 Å². The van der Waals surface area contributed by atoms with Crippen LogP contribution in [0.15, 0.2) is 23.8 Å². The molecule has 12 radical (unpaired) electrons. The molecule has 3 atom stereocenters. The van der Waals surface area contributed by atoms with Crippen LogP contribution < -0.4 is 4.74 Å². The fourth-order valence-electron chi connectivity index (χ4n) is 4.40. The average molecular weight is 345 g/mol. The smallest absolute Gasteiger partial charge is 0.127 e. The molecule has 0 fully saturated rings. The second kappa shape index (κ2) is 6.78. The Hall–Kier alpha value is -1.05. The quantitative estimate of drug-likeness (QED) is 0.669. The summed E-state index contributed by atoms with van der Waals surface area (Å²) >= 11 is 0. The van der Waals surface area contributed by atoms with Crippen LogP contribution in [0, 0.1) is 5.92 Å². The summed E-state index contributed by atoms with van der Waals surface area (Å²) in [4.78, 5) is 0. The number of hydrogen-bond donors (Lipinski definition) is 1. The Labute approximate surface area is 170 Å². The summed E-state index contributed by atoms with van der Waals surface area (Å²) in [5, 5.41) is 7.76. The van der Waals surface area contributed by atoms with Crippen LogP contribution >= 0.6 is 0 Å². The van der Waals surface area contributed by atoms with Crippen LogP contribution in [0.1, 0.15) is 50.2 Å². The summed E-state index contributed by atoms with van der Waals surface area (Å²) in [6.45, 7) is 3.89. The molecular weight excluding hydrogens is 325 g/mol. The zero-order chi connectivity index (χ0) is 20.2. The summed E-state index contributed by atoms with van der Waals surface area (Å²) in [7, 11) is 36.2. The molecule has 3 unspecified atom stereocenters. The fourth-order valence-corrected chi connectivity index (χ4v) is 4.40. The molecule has 8 heteroatoms. The highest BCUT2D eigenvalue weighted by molar-refractivity contribution is 6.61. The van der Waals surface area contributed by atoms with Crippen molar-refractivity contribution in [1.29, 1.82) is 0 Å². The molecule has 0 saturated heterocycles. The minimum absolute atomic E-state index is 0.166. The van der Waals surface area contributed by atoms with Crippen LogP contribution in [0.4, 0.5) is 0 Å². The molecule has 126 valence electrons. The van der Waals surface area contributed by atoms with Crippen LogP contribution in [-0.2, 0) is 6.42 Å². The minimum atomic E-state index is -1.58. The lowest BCUT2D eigenvalue weighted by atomic mass is 9.32. The predicted molar refractivity (Wildman–Crippen MR) is 115 cm³/mol. The zero-order valence-electron chi connectivity index (χ0n) is 16.0. The van der Waals surface area contributed by atoms with E-state index in [1.807, 2.05) is 19.1 Å². The molecule has 1 aliphatic carbocycles. The topological polar surface area (TPSA) is 29.5 Å². The van der Waals surface area contributed by atoms with Gasteiger partial charge in [0.25, 0.3) is 0 Å². The third-order valence-electron chi connectivity index (χ3n) is 6.04. The SMILES string of the molecule is [B]C([B])([B])C1=CC2c3c(O)cc(CCC)cc3OC(C)(C([B])([B])[B])C2CC1. The first-order valence-corrected chi connectivity index (χ1v) is 9.37. The number of fused-ring (bicyclic) bond motifs is 3. The van der Waals surface area contributed by atoms with Gasteiger partial charge in [-0.2, -0.15) is 0 Å². The Balaban J connectivity index is 2.21. The lowest BCUT2D eigenvalue weighted by Crippen LogP contribution is -2.57. The van der Waals surface area contributed by atoms with E-state index in [2.05, 4.69) is 6.92 Å². The van der Waals surface area contributed by atoms with Crippen molar-refractivity contribution < 1.29 is 9.84 Å². The molecule has 1 N–H and O–H groups in total. The largest absolute Gasteiger partial charge is 0.507 e. The van der Waals surface area contributed by atoms with E-state index in [1.54, 1.807) is 6.07 Å². The number of allylic oxidation sites excluding steroid dienone is 2. The van der Waals surface area contributed by atoms with E-state index in [0.29, 0.717) is 29.7 Å². The molecular formula is C19H20B6O2. The molecule has 0 spiro atoms. The molecule has 2 aliphatic rings. The van der Waals surface area contributed by atoms with E-state index in [1.165, 1.54) is 0 Å². The molecule has 1 aromatic rings. The Bertz CT molecular complexity index is 765. The maximum Gasteiger partial charge on any atom is 0.127 e. The van der Waals surface area contributed by atoms with Gasteiger partial charge in [0.2, 0.25) is 0 Å².